The standard InChI is InChI=1S/C22H28BrN3O5/c1-3-30-20(27)15-8-6-10-26(12-15)13-17-18(21(28)31-4-2)19(25-22(29)24-17)14-7-5-9-16(23)11-14/h5,7,9,11,15,19H,3-4,6,8,10,12-13H2,1-2H3,(H2,24,25,29)/t15-,19-/m0/s1. The molecule has 2 aliphatic rings. The van der Waals surface area contributed by atoms with Crippen LogP contribution in [0.5, 0.6) is 0 Å². The average Bonchev–Trinajstić information content (AvgIpc) is 2.74. The highest BCUT2D eigenvalue weighted by Gasteiger charge is 2.35. The van der Waals surface area contributed by atoms with Crippen LogP contribution in [0.2, 0.25) is 0 Å². The summed E-state index contributed by atoms with van der Waals surface area (Å²) in [5.41, 5.74) is 1.64. The predicted octanol–water partition coefficient (Wildman–Crippen LogP) is 2.90. The van der Waals surface area contributed by atoms with Crippen molar-refractivity contribution in [2.75, 3.05) is 32.8 Å². The van der Waals surface area contributed by atoms with Crippen LogP contribution >= 0.6 is 15.9 Å². The molecule has 31 heavy (non-hydrogen) atoms. The molecule has 1 saturated heterocycles. The van der Waals surface area contributed by atoms with E-state index in [1.807, 2.05) is 24.3 Å². The zero-order valence-electron chi connectivity index (χ0n) is 17.8. The fourth-order valence-corrected chi connectivity index (χ4v) is 4.42. The van der Waals surface area contributed by atoms with Gasteiger partial charge in [-0.1, -0.05) is 28.1 Å². The summed E-state index contributed by atoms with van der Waals surface area (Å²) in [5, 5.41) is 5.63. The SMILES string of the molecule is CCOC(=O)C1=C(CN2CCC[C@H](C(=O)OCC)C2)NC(=O)N[C@H]1c1cccc(Br)c1. The molecule has 0 unspecified atom stereocenters. The molecule has 2 aliphatic heterocycles. The lowest BCUT2D eigenvalue weighted by molar-refractivity contribution is -0.150. The summed E-state index contributed by atoms with van der Waals surface area (Å²) < 4.78 is 11.3. The third-order valence-electron chi connectivity index (χ3n) is 5.34. The minimum Gasteiger partial charge on any atom is -0.466 e. The van der Waals surface area contributed by atoms with E-state index in [4.69, 9.17) is 9.47 Å². The number of likely N-dealkylation sites (tertiary alicyclic amines) is 1. The number of piperidine rings is 1. The van der Waals surface area contributed by atoms with Crippen molar-refractivity contribution in [3.05, 3.63) is 45.6 Å². The first-order chi connectivity index (χ1) is 14.9. The summed E-state index contributed by atoms with van der Waals surface area (Å²) in [6.45, 7) is 5.73. The molecule has 0 aromatic heterocycles. The molecule has 2 amide bonds. The van der Waals surface area contributed by atoms with Crippen molar-refractivity contribution in [3.63, 3.8) is 0 Å². The highest BCUT2D eigenvalue weighted by Crippen LogP contribution is 2.30. The molecule has 1 aromatic carbocycles. The number of esters is 2. The Labute approximate surface area is 190 Å². The van der Waals surface area contributed by atoms with Gasteiger partial charge in [0.1, 0.15) is 0 Å². The van der Waals surface area contributed by atoms with E-state index in [0.29, 0.717) is 31.0 Å². The molecule has 1 fully saturated rings. The van der Waals surface area contributed by atoms with Crippen molar-refractivity contribution in [1.29, 1.82) is 0 Å². The van der Waals surface area contributed by atoms with Gasteiger partial charge in [-0.3, -0.25) is 9.69 Å². The second kappa shape index (κ2) is 10.8. The second-order valence-corrected chi connectivity index (χ2v) is 8.44. The summed E-state index contributed by atoms with van der Waals surface area (Å²) in [7, 11) is 0. The number of amides is 2. The van der Waals surface area contributed by atoms with Crippen LogP contribution in [0.1, 0.15) is 38.3 Å². The van der Waals surface area contributed by atoms with Crippen LogP contribution in [-0.4, -0.2) is 55.7 Å². The lowest BCUT2D eigenvalue weighted by Gasteiger charge is -2.35. The molecule has 168 valence electrons. The number of carbonyl (C=O) groups excluding carboxylic acids is 3. The fourth-order valence-electron chi connectivity index (χ4n) is 4.00. The third-order valence-corrected chi connectivity index (χ3v) is 5.83. The van der Waals surface area contributed by atoms with Crippen LogP contribution in [0, 0.1) is 5.92 Å². The molecule has 0 bridgehead atoms. The molecule has 9 heteroatoms. The smallest absolute Gasteiger partial charge is 0.338 e. The monoisotopic (exact) mass is 493 g/mol. The summed E-state index contributed by atoms with van der Waals surface area (Å²) in [6, 6.07) is 6.44. The molecule has 2 heterocycles. The lowest BCUT2D eigenvalue weighted by atomic mass is 9.94. The second-order valence-electron chi connectivity index (χ2n) is 7.53. The molecular weight excluding hydrogens is 466 g/mol. The molecule has 0 aliphatic carbocycles. The number of urea groups is 1. The lowest BCUT2D eigenvalue weighted by Crippen LogP contribution is -2.50. The number of hydrogen-bond donors (Lipinski definition) is 2. The Morgan fingerprint density at radius 3 is 2.71 bits per heavy atom. The van der Waals surface area contributed by atoms with E-state index in [0.717, 1.165) is 29.4 Å². The van der Waals surface area contributed by atoms with Gasteiger partial charge in [0.25, 0.3) is 0 Å². The Morgan fingerprint density at radius 2 is 2.00 bits per heavy atom. The van der Waals surface area contributed by atoms with Crippen molar-refractivity contribution in [2.45, 2.75) is 32.7 Å². The summed E-state index contributed by atoms with van der Waals surface area (Å²) >= 11 is 3.45. The van der Waals surface area contributed by atoms with Crippen LogP contribution in [0.4, 0.5) is 4.79 Å². The average molecular weight is 494 g/mol. The molecule has 3 rings (SSSR count). The molecule has 0 saturated carbocycles. The van der Waals surface area contributed by atoms with Crippen molar-refractivity contribution in [2.24, 2.45) is 5.92 Å². The van der Waals surface area contributed by atoms with Gasteiger partial charge in [-0.15, -0.1) is 0 Å². The molecule has 8 nitrogen and oxygen atoms in total. The predicted molar refractivity (Wildman–Crippen MR) is 118 cm³/mol. The van der Waals surface area contributed by atoms with E-state index in [2.05, 4.69) is 31.5 Å². The first-order valence-corrected chi connectivity index (χ1v) is 11.3. The largest absolute Gasteiger partial charge is 0.466 e. The van der Waals surface area contributed by atoms with E-state index < -0.39 is 12.0 Å². The number of halogens is 1. The van der Waals surface area contributed by atoms with Gasteiger partial charge in [0.05, 0.1) is 30.7 Å². The number of carbonyl (C=O) groups is 3. The Morgan fingerprint density at radius 1 is 1.23 bits per heavy atom. The maximum atomic E-state index is 12.9. The van der Waals surface area contributed by atoms with Gasteiger partial charge < -0.3 is 20.1 Å². The van der Waals surface area contributed by atoms with Gasteiger partial charge in [0.2, 0.25) is 0 Å². The van der Waals surface area contributed by atoms with Gasteiger partial charge in [0.15, 0.2) is 0 Å². The molecule has 2 atom stereocenters. The van der Waals surface area contributed by atoms with Crippen molar-refractivity contribution >= 4 is 33.9 Å². The van der Waals surface area contributed by atoms with Gasteiger partial charge in [0, 0.05) is 23.3 Å². The molecule has 0 radical (unpaired) electrons. The number of nitrogens with zero attached hydrogens (tertiary/aromatic N) is 1. The summed E-state index contributed by atoms with van der Waals surface area (Å²) in [5.74, 6) is -0.888. The minimum atomic E-state index is -0.633. The fraction of sp³-hybridized carbons (Fsp3) is 0.500. The number of ether oxygens (including phenoxy) is 2. The van der Waals surface area contributed by atoms with Crippen molar-refractivity contribution < 1.29 is 23.9 Å². The Kier molecular flexibility index (Phi) is 8.09. The van der Waals surface area contributed by atoms with Crippen LogP contribution < -0.4 is 10.6 Å². The number of benzene rings is 1. The quantitative estimate of drug-likeness (QED) is 0.566. The zero-order chi connectivity index (χ0) is 22.4. The van der Waals surface area contributed by atoms with Crippen molar-refractivity contribution in [1.82, 2.24) is 15.5 Å². The van der Waals surface area contributed by atoms with Crippen LogP contribution in [0.25, 0.3) is 0 Å². The Balaban J connectivity index is 1.91. The van der Waals surface area contributed by atoms with Crippen LogP contribution in [0.15, 0.2) is 40.0 Å². The van der Waals surface area contributed by atoms with E-state index in [1.54, 1.807) is 13.8 Å². The Bertz CT molecular complexity index is 872. The first-order valence-electron chi connectivity index (χ1n) is 10.5. The third kappa shape index (κ3) is 5.86. The van der Waals surface area contributed by atoms with E-state index in [9.17, 15) is 14.4 Å². The number of rotatable bonds is 7. The number of hydrogen-bond acceptors (Lipinski definition) is 6. The minimum absolute atomic E-state index is 0.201. The molecular formula is C22H28BrN3O5. The summed E-state index contributed by atoms with van der Waals surface area (Å²) in [4.78, 5) is 39.6. The zero-order valence-corrected chi connectivity index (χ0v) is 19.4. The van der Waals surface area contributed by atoms with E-state index in [1.165, 1.54) is 0 Å². The van der Waals surface area contributed by atoms with Gasteiger partial charge in [-0.05, 0) is 50.9 Å². The molecule has 1 aromatic rings. The number of nitrogens with one attached hydrogen (secondary N) is 2. The summed E-state index contributed by atoms with van der Waals surface area (Å²) in [6.07, 6.45) is 1.61. The Hall–Kier alpha value is -2.39. The van der Waals surface area contributed by atoms with Crippen molar-refractivity contribution in [3.8, 4) is 0 Å². The van der Waals surface area contributed by atoms with Gasteiger partial charge >= 0.3 is 18.0 Å². The normalized spacial score (nSPS) is 21.8. The maximum absolute atomic E-state index is 12.9. The molecule has 2 N–H and O–H groups in total. The highest BCUT2D eigenvalue weighted by molar-refractivity contribution is 9.10. The van der Waals surface area contributed by atoms with E-state index in [-0.39, 0.29) is 24.5 Å². The van der Waals surface area contributed by atoms with Gasteiger partial charge in [-0.2, -0.15) is 0 Å². The van der Waals surface area contributed by atoms with Crippen LogP contribution in [0.3, 0.4) is 0 Å². The maximum Gasteiger partial charge on any atom is 0.338 e. The first kappa shape index (κ1) is 23.3. The van der Waals surface area contributed by atoms with Crippen LogP contribution in [-0.2, 0) is 19.1 Å². The molecule has 0 spiro atoms. The van der Waals surface area contributed by atoms with E-state index >= 15 is 0 Å². The van der Waals surface area contributed by atoms with Gasteiger partial charge in [-0.25, -0.2) is 9.59 Å². The topological polar surface area (TPSA) is 97.0 Å². The highest BCUT2D eigenvalue weighted by atomic mass is 79.9.